The largest absolute Gasteiger partial charge is 0.465 e. The van der Waals surface area contributed by atoms with Crippen molar-refractivity contribution in [3.63, 3.8) is 0 Å². The van der Waals surface area contributed by atoms with Gasteiger partial charge in [0.2, 0.25) is 0 Å². The van der Waals surface area contributed by atoms with Crippen LogP contribution in [0.15, 0.2) is 36.7 Å². The fourth-order valence-electron chi connectivity index (χ4n) is 3.20. The summed E-state index contributed by atoms with van der Waals surface area (Å²) in [5, 5.41) is 21.6. The van der Waals surface area contributed by atoms with E-state index in [4.69, 9.17) is 4.74 Å². The maximum Gasteiger partial charge on any atom is 0.412 e. The molecule has 0 fully saturated rings. The Morgan fingerprint density at radius 3 is 2.38 bits per heavy atom. The van der Waals surface area contributed by atoms with E-state index in [0.717, 1.165) is 11.1 Å². The number of hydrogen-bond acceptors (Lipinski definition) is 5. The van der Waals surface area contributed by atoms with Crippen molar-refractivity contribution in [2.24, 2.45) is 0 Å². The molecule has 1 aromatic heterocycles. The normalized spacial score (nSPS) is 11.4. The Morgan fingerprint density at radius 2 is 1.81 bits per heavy atom. The second-order valence-electron chi connectivity index (χ2n) is 9.45. The monoisotopic (exact) mass is 438 g/mol. The van der Waals surface area contributed by atoms with Gasteiger partial charge in [0.25, 0.3) is 0 Å². The van der Waals surface area contributed by atoms with Crippen LogP contribution in [-0.4, -0.2) is 33.4 Å². The predicted molar refractivity (Wildman–Crippen MR) is 123 cm³/mol. The molecule has 0 aliphatic rings. The average molecular weight is 439 g/mol. The molecule has 8 nitrogen and oxygen atoms in total. The van der Waals surface area contributed by atoms with Crippen LogP contribution in [0.4, 0.5) is 21.0 Å². The number of aromatic nitrogens is 1. The first-order chi connectivity index (χ1) is 14.8. The van der Waals surface area contributed by atoms with E-state index in [2.05, 4.69) is 16.4 Å². The summed E-state index contributed by atoms with van der Waals surface area (Å²) in [6, 6.07) is 8.94. The van der Waals surface area contributed by atoms with Crippen LogP contribution >= 0.6 is 0 Å². The summed E-state index contributed by atoms with van der Waals surface area (Å²) in [4.78, 5) is 29.5. The Labute approximate surface area is 188 Å². The van der Waals surface area contributed by atoms with Gasteiger partial charge in [0, 0.05) is 17.4 Å². The first-order valence-electron chi connectivity index (χ1n) is 10.3. The number of carbonyl (C=O) groups excluding carboxylic acids is 1. The summed E-state index contributed by atoms with van der Waals surface area (Å²) in [7, 11) is 0. The molecule has 2 N–H and O–H groups in total. The Hall–Kier alpha value is -3.60. The van der Waals surface area contributed by atoms with E-state index in [1.165, 1.54) is 11.1 Å². The molecule has 0 saturated carbocycles. The van der Waals surface area contributed by atoms with Gasteiger partial charge in [0.05, 0.1) is 23.5 Å². The van der Waals surface area contributed by atoms with Crippen molar-refractivity contribution < 1.29 is 19.4 Å². The van der Waals surface area contributed by atoms with Crippen LogP contribution in [0, 0.1) is 11.3 Å². The summed E-state index contributed by atoms with van der Waals surface area (Å²) in [5.41, 5.74) is 1.87. The van der Waals surface area contributed by atoms with Crippen molar-refractivity contribution in [3.8, 4) is 6.07 Å². The summed E-state index contributed by atoms with van der Waals surface area (Å²) >= 11 is 0. The van der Waals surface area contributed by atoms with Gasteiger partial charge in [-0.15, -0.1) is 0 Å². The van der Waals surface area contributed by atoms with Gasteiger partial charge in [-0.3, -0.25) is 15.2 Å². The second kappa shape index (κ2) is 9.69. The molecule has 1 heterocycles. The lowest BCUT2D eigenvalue weighted by Gasteiger charge is -2.33. The number of nitrogens with zero attached hydrogens (tertiary/aromatic N) is 3. The third-order valence-corrected chi connectivity index (χ3v) is 4.45. The Balaban J connectivity index is 2.26. The number of rotatable bonds is 5. The molecule has 0 aliphatic carbocycles. The molecular formula is C24H30N4O4. The molecule has 0 aliphatic heterocycles. The highest BCUT2D eigenvalue weighted by molar-refractivity contribution is 5.87. The predicted octanol–water partition coefficient (Wildman–Crippen LogP) is 5.37. The van der Waals surface area contributed by atoms with Crippen LogP contribution in [-0.2, 0) is 17.6 Å². The lowest BCUT2D eigenvalue weighted by molar-refractivity contribution is 0.0635. The number of nitriles is 1. The molecule has 8 heteroatoms. The van der Waals surface area contributed by atoms with Gasteiger partial charge in [0.15, 0.2) is 0 Å². The lowest BCUT2D eigenvalue weighted by Crippen LogP contribution is -2.45. The Bertz CT molecular complexity index is 1030. The molecule has 170 valence electrons. The molecule has 0 bridgehead atoms. The Kier molecular flexibility index (Phi) is 7.47. The van der Waals surface area contributed by atoms with Crippen LogP contribution in [0.5, 0.6) is 0 Å². The number of amides is 2. The minimum Gasteiger partial charge on any atom is -0.465 e. The van der Waals surface area contributed by atoms with E-state index >= 15 is 0 Å². The summed E-state index contributed by atoms with van der Waals surface area (Å²) in [6.07, 6.45) is 2.62. The zero-order chi connectivity index (χ0) is 24.1. The number of pyridine rings is 1. The number of nitrogens with one attached hydrogen (secondary N) is 1. The molecule has 0 saturated heterocycles. The van der Waals surface area contributed by atoms with E-state index in [1.54, 1.807) is 51.2 Å². The van der Waals surface area contributed by atoms with E-state index in [0.29, 0.717) is 29.8 Å². The molecule has 0 radical (unpaired) electrons. The molecule has 2 amide bonds. The minimum atomic E-state index is -1.05. The highest BCUT2D eigenvalue weighted by atomic mass is 16.6. The number of anilines is 2. The summed E-state index contributed by atoms with van der Waals surface area (Å²) < 4.78 is 5.33. The maximum atomic E-state index is 12.2. The summed E-state index contributed by atoms with van der Waals surface area (Å²) in [6.45, 7) is 10.8. The van der Waals surface area contributed by atoms with Gasteiger partial charge in [0.1, 0.15) is 5.60 Å². The van der Waals surface area contributed by atoms with Gasteiger partial charge in [-0.2, -0.15) is 5.26 Å². The van der Waals surface area contributed by atoms with Crippen LogP contribution in [0.2, 0.25) is 0 Å². The third kappa shape index (κ3) is 6.98. The van der Waals surface area contributed by atoms with Crippen molar-refractivity contribution in [3.05, 3.63) is 53.3 Å². The molecule has 1 aromatic carbocycles. The molecule has 0 spiro atoms. The number of carbonyl (C=O) groups is 2. The first-order valence-corrected chi connectivity index (χ1v) is 10.3. The van der Waals surface area contributed by atoms with Crippen molar-refractivity contribution >= 4 is 23.6 Å². The third-order valence-electron chi connectivity index (χ3n) is 4.45. The second-order valence-corrected chi connectivity index (χ2v) is 9.45. The zero-order valence-corrected chi connectivity index (χ0v) is 19.4. The van der Waals surface area contributed by atoms with Gasteiger partial charge in [-0.1, -0.05) is 0 Å². The molecular weight excluding hydrogens is 408 g/mol. The quantitative estimate of drug-likeness (QED) is 0.648. The SMILES string of the molecule is CC(C)(C)OC(=O)Nc1ccc(C#N)cc1CCc1cncc(N(C(=O)O)C(C)(C)C)c1. The molecule has 2 rings (SSSR count). The molecule has 0 atom stereocenters. The molecule has 0 unspecified atom stereocenters. The zero-order valence-electron chi connectivity index (χ0n) is 19.4. The van der Waals surface area contributed by atoms with Crippen molar-refractivity contribution in [1.29, 1.82) is 5.26 Å². The van der Waals surface area contributed by atoms with E-state index in [1.807, 2.05) is 20.8 Å². The van der Waals surface area contributed by atoms with E-state index < -0.39 is 23.3 Å². The lowest BCUT2D eigenvalue weighted by atomic mass is 10.0. The highest BCUT2D eigenvalue weighted by Crippen LogP contribution is 2.26. The van der Waals surface area contributed by atoms with Crippen molar-refractivity contribution in [2.75, 3.05) is 10.2 Å². The van der Waals surface area contributed by atoms with Gasteiger partial charge in [-0.05, 0) is 89.8 Å². The van der Waals surface area contributed by atoms with Crippen LogP contribution in [0.25, 0.3) is 0 Å². The molecule has 2 aromatic rings. The minimum absolute atomic E-state index is 0.478. The Morgan fingerprint density at radius 1 is 1.12 bits per heavy atom. The number of benzene rings is 1. The number of aryl methyl sites for hydroxylation is 2. The van der Waals surface area contributed by atoms with Crippen molar-refractivity contribution in [1.82, 2.24) is 4.98 Å². The first kappa shape index (κ1) is 24.7. The van der Waals surface area contributed by atoms with Gasteiger partial charge >= 0.3 is 12.2 Å². The number of hydrogen-bond donors (Lipinski definition) is 2. The standard InChI is InChI=1S/C24H30N4O4/c1-23(2,3)28(22(30)31)19-12-17(14-26-15-19)7-9-18-11-16(13-25)8-10-20(18)27-21(29)32-24(4,5)6/h8,10-12,14-15H,7,9H2,1-6H3,(H,27,29)(H,30,31). The number of carboxylic acid groups (broad SMARTS) is 1. The topological polar surface area (TPSA) is 116 Å². The van der Waals surface area contributed by atoms with Gasteiger partial charge in [-0.25, -0.2) is 9.59 Å². The van der Waals surface area contributed by atoms with Crippen LogP contribution in [0.1, 0.15) is 58.2 Å². The number of ether oxygens (including phenoxy) is 1. The summed E-state index contributed by atoms with van der Waals surface area (Å²) in [5.74, 6) is 0. The van der Waals surface area contributed by atoms with Crippen LogP contribution < -0.4 is 10.2 Å². The van der Waals surface area contributed by atoms with Gasteiger partial charge < -0.3 is 9.84 Å². The van der Waals surface area contributed by atoms with Crippen molar-refractivity contribution in [2.45, 2.75) is 65.5 Å². The average Bonchev–Trinajstić information content (AvgIpc) is 2.64. The van der Waals surface area contributed by atoms with E-state index in [-0.39, 0.29) is 0 Å². The fraction of sp³-hybridized carbons (Fsp3) is 0.417. The highest BCUT2D eigenvalue weighted by Gasteiger charge is 2.28. The van der Waals surface area contributed by atoms with E-state index in [9.17, 15) is 20.0 Å². The molecule has 32 heavy (non-hydrogen) atoms. The smallest absolute Gasteiger partial charge is 0.412 e. The maximum absolute atomic E-state index is 12.2. The fourth-order valence-corrected chi connectivity index (χ4v) is 3.20. The van der Waals surface area contributed by atoms with Crippen LogP contribution in [0.3, 0.4) is 0 Å².